The van der Waals surface area contributed by atoms with E-state index in [2.05, 4.69) is 111 Å². The summed E-state index contributed by atoms with van der Waals surface area (Å²) in [6.07, 6.45) is 8.72. The fourth-order valence-corrected chi connectivity index (χ4v) is 3.27. The Hall–Kier alpha value is -1.65. The molecule has 0 aliphatic heterocycles. The molecule has 0 N–H and O–H groups in total. The van der Waals surface area contributed by atoms with Crippen LogP contribution >= 0.6 is 0 Å². The van der Waals surface area contributed by atoms with Crippen molar-refractivity contribution in [1.29, 1.82) is 0 Å². The molecule has 0 heteroatoms. The van der Waals surface area contributed by atoms with Crippen LogP contribution in [0.5, 0.6) is 0 Å². The quantitative estimate of drug-likeness (QED) is 0.469. The SMILES string of the molecule is CC(C)(C)C1=CC(C(C)(C)C)C=C(C(C)(C)C)C1=[C+]c1ccccc1. The number of hydrogen-bond donors (Lipinski definition) is 0. The summed E-state index contributed by atoms with van der Waals surface area (Å²) < 4.78 is 0. The Labute approximate surface area is 155 Å². The predicted molar refractivity (Wildman–Crippen MR) is 110 cm³/mol. The van der Waals surface area contributed by atoms with Gasteiger partial charge in [-0.15, -0.1) is 0 Å². The van der Waals surface area contributed by atoms with Crippen molar-refractivity contribution in [3.8, 4) is 0 Å². The largest absolute Gasteiger partial charge is 0.128 e. The molecule has 1 aliphatic carbocycles. The predicted octanol–water partition coefficient (Wildman–Crippen LogP) is 7.39. The minimum absolute atomic E-state index is 0.0887. The Morgan fingerprint density at radius 1 is 0.680 bits per heavy atom. The molecule has 1 aromatic rings. The first-order valence-corrected chi connectivity index (χ1v) is 9.44. The van der Waals surface area contributed by atoms with Crippen LogP contribution in [-0.2, 0) is 0 Å². The van der Waals surface area contributed by atoms with Crippen molar-refractivity contribution in [3.63, 3.8) is 0 Å². The van der Waals surface area contributed by atoms with E-state index in [1.165, 1.54) is 16.7 Å². The molecule has 0 radical (unpaired) electrons. The summed E-state index contributed by atoms with van der Waals surface area (Å²) in [5.74, 6) is 0.442. The summed E-state index contributed by atoms with van der Waals surface area (Å²) >= 11 is 0. The molecule has 0 atom stereocenters. The zero-order valence-electron chi connectivity index (χ0n) is 17.6. The van der Waals surface area contributed by atoms with Gasteiger partial charge in [0.2, 0.25) is 0 Å². The van der Waals surface area contributed by atoms with E-state index >= 15 is 0 Å². The highest BCUT2D eigenvalue weighted by atomic mass is 14.4. The Bertz CT molecular complexity index is 655. The van der Waals surface area contributed by atoms with Gasteiger partial charge in [0.05, 0.1) is 0 Å². The normalized spacial score (nSPS) is 19.2. The Morgan fingerprint density at radius 3 is 1.48 bits per heavy atom. The minimum Gasteiger partial charge on any atom is -0.0593 e. The molecule has 0 spiro atoms. The van der Waals surface area contributed by atoms with Crippen LogP contribution in [0.25, 0.3) is 0 Å². The third kappa shape index (κ3) is 4.71. The molecule has 0 fully saturated rings. The molecule has 0 saturated heterocycles. The van der Waals surface area contributed by atoms with Gasteiger partial charge in [-0.05, 0) is 77.3 Å². The van der Waals surface area contributed by atoms with E-state index in [1.54, 1.807) is 0 Å². The summed E-state index contributed by atoms with van der Waals surface area (Å²) in [4.78, 5) is 0. The fraction of sp³-hybridized carbons (Fsp3) is 0.520. The van der Waals surface area contributed by atoms with E-state index in [1.807, 2.05) is 0 Å². The molecule has 0 unspecified atom stereocenters. The van der Waals surface area contributed by atoms with Crippen LogP contribution in [0.4, 0.5) is 0 Å². The zero-order chi connectivity index (χ0) is 19.0. The second kappa shape index (κ2) is 6.58. The summed E-state index contributed by atoms with van der Waals surface area (Å²) in [7, 11) is 0. The zero-order valence-corrected chi connectivity index (χ0v) is 17.6. The van der Waals surface area contributed by atoms with Gasteiger partial charge in [0, 0.05) is 46.1 Å². The highest BCUT2D eigenvalue weighted by molar-refractivity contribution is 5.56. The molecule has 0 aromatic heterocycles. The lowest BCUT2D eigenvalue weighted by atomic mass is 9.64. The van der Waals surface area contributed by atoms with E-state index in [0.717, 1.165) is 5.56 Å². The van der Waals surface area contributed by atoms with Crippen molar-refractivity contribution in [1.82, 2.24) is 0 Å². The average Bonchev–Trinajstić information content (AvgIpc) is 2.45. The van der Waals surface area contributed by atoms with Crippen molar-refractivity contribution in [2.45, 2.75) is 62.3 Å². The topological polar surface area (TPSA) is 0 Å². The Balaban J connectivity index is 2.71. The standard InChI is InChI=1S/C25H35/c1-23(2,3)19-16-21(24(4,5)6)20(22(17-19)25(7,8)9)15-18-13-11-10-12-14-18/h10-14,16-17,19H,1-9H3/q+1. The monoisotopic (exact) mass is 335 g/mol. The lowest BCUT2D eigenvalue weighted by molar-refractivity contribution is 0.329. The van der Waals surface area contributed by atoms with Gasteiger partial charge in [-0.1, -0.05) is 20.8 Å². The van der Waals surface area contributed by atoms with Crippen molar-refractivity contribution >= 4 is 0 Å². The molecule has 25 heavy (non-hydrogen) atoms. The van der Waals surface area contributed by atoms with Crippen LogP contribution < -0.4 is 0 Å². The molecule has 1 aromatic carbocycles. The molecular formula is C25H35+. The maximum atomic E-state index is 3.75. The average molecular weight is 336 g/mol. The van der Waals surface area contributed by atoms with E-state index in [0.29, 0.717) is 5.92 Å². The van der Waals surface area contributed by atoms with Crippen LogP contribution in [0.2, 0.25) is 0 Å². The first-order chi connectivity index (χ1) is 11.3. The van der Waals surface area contributed by atoms with Gasteiger partial charge in [0.25, 0.3) is 0 Å². The van der Waals surface area contributed by atoms with Gasteiger partial charge < -0.3 is 0 Å². The number of benzene rings is 1. The van der Waals surface area contributed by atoms with Crippen LogP contribution in [0, 0.1) is 28.2 Å². The van der Waals surface area contributed by atoms with Gasteiger partial charge >= 0.3 is 0 Å². The molecule has 134 valence electrons. The second-order valence-corrected chi connectivity index (χ2v) is 10.4. The summed E-state index contributed by atoms with van der Waals surface area (Å²) in [5, 5.41) is 0. The third-order valence-corrected chi connectivity index (χ3v) is 4.89. The van der Waals surface area contributed by atoms with Crippen molar-refractivity contribution < 1.29 is 0 Å². The van der Waals surface area contributed by atoms with Gasteiger partial charge in [-0.25, -0.2) is 0 Å². The van der Waals surface area contributed by atoms with Gasteiger partial charge in [-0.2, -0.15) is 0 Å². The summed E-state index contributed by atoms with van der Waals surface area (Å²) in [6.45, 7) is 20.9. The van der Waals surface area contributed by atoms with E-state index < -0.39 is 0 Å². The molecule has 0 saturated carbocycles. The van der Waals surface area contributed by atoms with E-state index in [-0.39, 0.29) is 16.2 Å². The lowest BCUT2D eigenvalue weighted by Gasteiger charge is -2.36. The number of allylic oxidation sites excluding steroid dienone is 5. The minimum atomic E-state index is 0.0887. The van der Waals surface area contributed by atoms with E-state index in [4.69, 9.17) is 0 Å². The molecule has 0 heterocycles. The molecule has 0 amide bonds. The number of hydrogen-bond acceptors (Lipinski definition) is 0. The molecule has 1 aliphatic rings. The van der Waals surface area contributed by atoms with Crippen molar-refractivity contribution in [2.24, 2.45) is 22.2 Å². The van der Waals surface area contributed by atoms with Gasteiger partial charge in [0.15, 0.2) is 0 Å². The highest BCUT2D eigenvalue weighted by Gasteiger charge is 2.40. The molecule has 2 rings (SSSR count). The second-order valence-electron chi connectivity index (χ2n) is 10.4. The Morgan fingerprint density at radius 2 is 1.12 bits per heavy atom. The molecule has 0 bridgehead atoms. The summed E-state index contributed by atoms with van der Waals surface area (Å²) in [6, 6.07) is 10.5. The van der Waals surface area contributed by atoms with Gasteiger partial charge in [-0.3, -0.25) is 0 Å². The fourth-order valence-electron chi connectivity index (χ4n) is 3.27. The lowest BCUT2D eigenvalue weighted by Crippen LogP contribution is -2.28. The van der Waals surface area contributed by atoms with Crippen LogP contribution in [-0.4, -0.2) is 0 Å². The highest BCUT2D eigenvalue weighted by Crippen LogP contribution is 2.48. The van der Waals surface area contributed by atoms with Crippen molar-refractivity contribution in [3.05, 3.63) is 70.8 Å². The van der Waals surface area contributed by atoms with Crippen molar-refractivity contribution in [2.75, 3.05) is 0 Å². The maximum Gasteiger partial charge on any atom is 0.128 e. The van der Waals surface area contributed by atoms with Crippen LogP contribution in [0.3, 0.4) is 0 Å². The Kier molecular flexibility index (Phi) is 5.18. The first-order valence-electron chi connectivity index (χ1n) is 9.44. The maximum absolute atomic E-state index is 3.75. The van der Waals surface area contributed by atoms with E-state index in [9.17, 15) is 0 Å². The van der Waals surface area contributed by atoms with Gasteiger partial charge in [0.1, 0.15) is 11.1 Å². The smallest absolute Gasteiger partial charge is 0.0593 e. The van der Waals surface area contributed by atoms with Crippen LogP contribution in [0.15, 0.2) is 59.2 Å². The van der Waals surface area contributed by atoms with Crippen LogP contribution in [0.1, 0.15) is 67.9 Å². The molecular weight excluding hydrogens is 300 g/mol. The molecule has 0 nitrogen and oxygen atoms in total. The first kappa shape index (κ1) is 19.7. The number of rotatable bonds is 1. The summed E-state index contributed by atoms with van der Waals surface area (Å²) in [5.41, 5.74) is 5.67. The third-order valence-electron chi connectivity index (χ3n) is 4.89.